The summed E-state index contributed by atoms with van der Waals surface area (Å²) in [4.78, 5) is 5.26. The van der Waals surface area contributed by atoms with Gasteiger partial charge in [-0.3, -0.25) is 0 Å². The average Bonchev–Trinajstić information content (AvgIpc) is 3.42. The summed E-state index contributed by atoms with van der Waals surface area (Å²) < 4.78 is 5.91. The summed E-state index contributed by atoms with van der Waals surface area (Å²) in [6.45, 7) is 6.59. The van der Waals surface area contributed by atoms with E-state index in [1.807, 2.05) is 24.3 Å². The van der Waals surface area contributed by atoms with Gasteiger partial charge in [0.25, 0.3) is 0 Å². The van der Waals surface area contributed by atoms with Gasteiger partial charge >= 0.3 is 0 Å². The van der Waals surface area contributed by atoms with E-state index in [-0.39, 0.29) is 0 Å². The molecule has 1 unspecified atom stereocenters. The number of piperidine rings is 1. The molecule has 0 amide bonds. The van der Waals surface area contributed by atoms with E-state index in [1.165, 1.54) is 58.2 Å². The van der Waals surface area contributed by atoms with Gasteiger partial charge in [0.15, 0.2) is 0 Å². The lowest BCUT2D eigenvalue weighted by Crippen LogP contribution is -2.55. The third-order valence-electron chi connectivity index (χ3n) is 8.76. The van der Waals surface area contributed by atoms with Gasteiger partial charge in [0.1, 0.15) is 5.75 Å². The number of benzene rings is 2. The van der Waals surface area contributed by atoms with E-state index in [4.69, 9.17) is 10.00 Å². The van der Waals surface area contributed by atoms with Crippen LogP contribution in [0.1, 0.15) is 61.6 Å². The molecule has 0 N–H and O–H groups in total. The van der Waals surface area contributed by atoms with Crippen molar-refractivity contribution in [3.05, 3.63) is 65.2 Å². The van der Waals surface area contributed by atoms with Gasteiger partial charge in [-0.15, -0.1) is 0 Å². The maximum atomic E-state index is 8.93. The van der Waals surface area contributed by atoms with Crippen molar-refractivity contribution >= 4 is 0 Å². The molecule has 4 nitrogen and oxygen atoms in total. The fourth-order valence-corrected chi connectivity index (χ4v) is 7.24. The first-order chi connectivity index (χ1) is 16.7. The summed E-state index contributed by atoms with van der Waals surface area (Å²) in [7, 11) is 2.34. The smallest absolute Gasteiger partial charge is 0.119 e. The molecule has 2 heterocycles. The van der Waals surface area contributed by atoms with Crippen molar-refractivity contribution in [3.63, 3.8) is 0 Å². The SMILES string of the molecule is CN1Cc2ccccc2C(C2CCCC2)(C2CCN(CCCOc3ccc(C#N)cc3)CC2)C1. The van der Waals surface area contributed by atoms with Gasteiger partial charge < -0.3 is 14.5 Å². The predicted octanol–water partition coefficient (Wildman–Crippen LogP) is 5.61. The van der Waals surface area contributed by atoms with Gasteiger partial charge in [0, 0.05) is 25.0 Å². The van der Waals surface area contributed by atoms with Crippen LogP contribution in [0.25, 0.3) is 0 Å². The molecule has 0 spiro atoms. The molecule has 2 fully saturated rings. The Labute approximate surface area is 205 Å². The van der Waals surface area contributed by atoms with Gasteiger partial charge in [0.05, 0.1) is 18.2 Å². The topological polar surface area (TPSA) is 39.5 Å². The van der Waals surface area contributed by atoms with Crippen molar-refractivity contribution in [1.29, 1.82) is 5.26 Å². The molecule has 1 saturated carbocycles. The average molecular weight is 458 g/mol. The molecule has 5 rings (SSSR count). The zero-order chi connectivity index (χ0) is 23.4. The molecule has 0 aromatic heterocycles. The summed E-state index contributed by atoms with van der Waals surface area (Å²) in [5, 5.41) is 8.93. The molecular weight excluding hydrogens is 418 g/mol. The Morgan fingerprint density at radius 3 is 2.41 bits per heavy atom. The fourth-order valence-electron chi connectivity index (χ4n) is 7.24. The van der Waals surface area contributed by atoms with Crippen LogP contribution >= 0.6 is 0 Å². The standard InChI is InChI=1S/C30H39N3O/c1-32-22-25-7-2-5-10-29(25)30(23-32,26-8-3-4-9-26)27-15-18-33(19-16-27)17-6-20-34-28-13-11-24(21-31)12-14-28/h2,5,7,10-14,26-27H,3-4,6,8-9,15-20,22-23H2,1H3. The van der Waals surface area contributed by atoms with Crippen molar-refractivity contribution in [2.45, 2.75) is 56.9 Å². The Kier molecular flexibility index (Phi) is 7.23. The third kappa shape index (κ3) is 4.74. The highest BCUT2D eigenvalue weighted by Gasteiger charge is 2.50. The Morgan fingerprint density at radius 2 is 1.68 bits per heavy atom. The van der Waals surface area contributed by atoms with E-state index < -0.39 is 0 Å². The quantitative estimate of drug-likeness (QED) is 0.507. The van der Waals surface area contributed by atoms with Gasteiger partial charge in [0.2, 0.25) is 0 Å². The number of nitriles is 1. The Balaban J connectivity index is 1.20. The molecule has 34 heavy (non-hydrogen) atoms. The van der Waals surface area contributed by atoms with Crippen LogP contribution in [0.2, 0.25) is 0 Å². The summed E-state index contributed by atoms with van der Waals surface area (Å²) >= 11 is 0. The lowest BCUT2D eigenvalue weighted by Gasteiger charge is -2.53. The molecule has 0 bridgehead atoms. The Morgan fingerprint density at radius 1 is 0.971 bits per heavy atom. The largest absolute Gasteiger partial charge is 0.494 e. The van der Waals surface area contributed by atoms with E-state index in [2.05, 4.69) is 47.2 Å². The van der Waals surface area contributed by atoms with Crippen molar-refractivity contribution in [2.75, 3.05) is 39.8 Å². The Bertz CT molecular complexity index is 983. The van der Waals surface area contributed by atoms with Crippen molar-refractivity contribution < 1.29 is 4.74 Å². The first-order valence-electron chi connectivity index (χ1n) is 13.3. The van der Waals surface area contributed by atoms with Gasteiger partial charge in [-0.25, -0.2) is 0 Å². The normalized spacial score (nSPS) is 24.6. The summed E-state index contributed by atoms with van der Waals surface area (Å²) in [5.74, 6) is 2.48. The minimum Gasteiger partial charge on any atom is -0.494 e. The lowest BCUT2D eigenvalue weighted by atomic mass is 9.57. The first kappa shape index (κ1) is 23.4. The number of rotatable bonds is 7. The number of hydrogen-bond acceptors (Lipinski definition) is 4. The second-order valence-electron chi connectivity index (χ2n) is 10.8. The van der Waals surface area contributed by atoms with E-state index in [9.17, 15) is 0 Å². The van der Waals surface area contributed by atoms with Crippen LogP contribution in [0, 0.1) is 23.2 Å². The predicted molar refractivity (Wildman–Crippen MR) is 137 cm³/mol. The Hall–Kier alpha value is -2.35. The number of ether oxygens (including phenoxy) is 1. The highest BCUT2D eigenvalue weighted by atomic mass is 16.5. The van der Waals surface area contributed by atoms with Gasteiger partial charge in [-0.1, -0.05) is 37.1 Å². The van der Waals surface area contributed by atoms with E-state index in [0.717, 1.165) is 43.7 Å². The summed E-state index contributed by atoms with van der Waals surface area (Å²) in [5.41, 5.74) is 4.28. The van der Waals surface area contributed by atoms with Crippen LogP contribution in [0.3, 0.4) is 0 Å². The molecule has 2 aliphatic heterocycles. The lowest BCUT2D eigenvalue weighted by molar-refractivity contribution is 0.0460. The van der Waals surface area contributed by atoms with Crippen LogP contribution < -0.4 is 4.74 Å². The van der Waals surface area contributed by atoms with E-state index in [1.54, 1.807) is 11.1 Å². The van der Waals surface area contributed by atoms with Crippen LogP contribution in [-0.4, -0.2) is 49.6 Å². The molecule has 3 aliphatic rings. The molecule has 0 radical (unpaired) electrons. The molecule has 4 heteroatoms. The second kappa shape index (κ2) is 10.5. The van der Waals surface area contributed by atoms with E-state index in [0.29, 0.717) is 11.0 Å². The highest BCUT2D eigenvalue weighted by molar-refractivity contribution is 5.39. The van der Waals surface area contributed by atoms with E-state index >= 15 is 0 Å². The molecule has 1 atom stereocenters. The van der Waals surface area contributed by atoms with Gasteiger partial charge in [-0.05, 0) is 99.5 Å². The maximum absolute atomic E-state index is 8.93. The van der Waals surface area contributed by atoms with Crippen LogP contribution in [0.4, 0.5) is 0 Å². The zero-order valence-electron chi connectivity index (χ0n) is 20.7. The number of nitrogens with zero attached hydrogens (tertiary/aromatic N) is 3. The molecule has 1 saturated heterocycles. The van der Waals surface area contributed by atoms with Crippen molar-refractivity contribution in [2.24, 2.45) is 11.8 Å². The molecule has 2 aromatic carbocycles. The maximum Gasteiger partial charge on any atom is 0.119 e. The second-order valence-corrected chi connectivity index (χ2v) is 10.8. The van der Waals surface area contributed by atoms with Crippen molar-refractivity contribution in [3.8, 4) is 11.8 Å². The van der Waals surface area contributed by atoms with Crippen LogP contribution in [-0.2, 0) is 12.0 Å². The summed E-state index contributed by atoms with van der Waals surface area (Å²) in [6.07, 6.45) is 9.32. The number of likely N-dealkylation sites (N-methyl/N-ethyl adjacent to an activating group) is 1. The minimum absolute atomic E-state index is 0.338. The number of hydrogen-bond donors (Lipinski definition) is 0. The third-order valence-corrected chi connectivity index (χ3v) is 8.76. The highest BCUT2D eigenvalue weighted by Crippen LogP contribution is 2.53. The molecule has 2 aromatic rings. The minimum atomic E-state index is 0.338. The molecule has 1 aliphatic carbocycles. The summed E-state index contributed by atoms with van der Waals surface area (Å²) in [6, 6.07) is 19.0. The van der Waals surface area contributed by atoms with Crippen molar-refractivity contribution in [1.82, 2.24) is 9.80 Å². The van der Waals surface area contributed by atoms with Crippen LogP contribution in [0.5, 0.6) is 5.75 Å². The molecule has 180 valence electrons. The fraction of sp³-hybridized carbons (Fsp3) is 0.567. The monoisotopic (exact) mass is 457 g/mol. The zero-order valence-corrected chi connectivity index (χ0v) is 20.7. The van der Waals surface area contributed by atoms with Crippen LogP contribution in [0.15, 0.2) is 48.5 Å². The van der Waals surface area contributed by atoms with Gasteiger partial charge in [-0.2, -0.15) is 5.26 Å². The number of likely N-dealkylation sites (tertiary alicyclic amines) is 1. The molecular formula is C30H39N3O. The first-order valence-corrected chi connectivity index (χ1v) is 13.3. The number of fused-ring (bicyclic) bond motifs is 1.